The molecule has 7 heteroatoms. The van der Waals surface area contributed by atoms with E-state index < -0.39 is 11.7 Å². The van der Waals surface area contributed by atoms with Crippen LogP contribution in [0.4, 0.5) is 10.1 Å². The summed E-state index contributed by atoms with van der Waals surface area (Å²) in [4.78, 5) is 12.6. The van der Waals surface area contributed by atoms with Crippen LogP contribution in [0.25, 0.3) is 0 Å². The van der Waals surface area contributed by atoms with Crippen LogP contribution in [-0.2, 0) is 6.42 Å². The third kappa shape index (κ3) is 3.23. The average molecular weight is 366 g/mol. The van der Waals surface area contributed by atoms with Crippen LogP contribution in [0.3, 0.4) is 0 Å². The molecule has 0 aliphatic carbocycles. The molecule has 2 aliphatic rings. The first-order valence-electron chi connectivity index (χ1n) is 8.66. The zero-order valence-corrected chi connectivity index (χ0v) is 14.8. The number of nitrogens with zero attached hydrogens (tertiary/aromatic N) is 1. The smallest absolute Gasteiger partial charge is 0.255 e. The summed E-state index contributed by atoms with van der Waals surface area (Å²) in [5.74, 6) is -1.15. The summed E-state index contributed by atoms with van der Waals surface area (Å²) in [6, 6.07) is 12.2. The number of allylic oxidation sites excluding steroid dienone is 1. The van der Waals surface area contributed by atoms with Crippen molar-refractivity contribution < 1.29 is 13.9 Å². The summed E-state index contributed by atoms with van der Waals surface area (Å²) in [7, 11) is 1.37. The second-order valence-electron chi connectivity index (χ2n) is 6.31. The fourth-order valence-electron chi connectivity index (χ4n) is 3.24. The summed E-state index contributed by atoms with van der Waals surface area (Å²) in [5.41, 5.74) is 6.61. The maximum absolute atomic E-state index is 14.4. The minimum atomic E-state index is -0.675. The number of hydrazone groups is 1. The number of anilines is 1. The third-order valence-electron chi connectivity index (χ3n) is 4.65. The first kappa shape index (κ1) is 17.1. The van der Waals surface area contributed by atoms with Crippen molar-refractivity contribution in [1.82, 2.24) is 10.7 Å². The van der Waals surface area contributed by atoms with E-state index in [0.717, 1.165) is 17.8 Å². The van der Waals surface area contributed by atoms with Crippen LogP contribution in [0, 0.1) is 5.82 Å². The quantitative estimate of drug-likeness (QED) is 0.777. The molecule has 0 saturated heterocycles. The van der Waals surface area contributed by atoms with Crippen LogP contribution in [-0.4, -0.2) is 31.3 Å². The standard InChI is InChI=1S/C20H19FN4O2/c1-27-17-8-4-6-13(18(17)21)20(26)24-16-11-22-25-19(16)15-10-9-12-5-2-3-7-14(12)23-15/h2-8,10,16,22-23H,9,11H2,1H3,(H,24,26). The van der Waals surface area contributed by atoms with E-state index in [4.69, 9.17) is 4.74 Å². The van der Waals surface area contributed by atoms with Gasteiger partial charge in [-0.15, -0.1) is 0 Å². The topological polar surface area (TPSA) is 74.8 Å². The largest absolute Gasteiger partial charge is 0.494 e. The molecule has 2 aromatic rings. The summed E-state index contributed by atoms with van der Waals surface area (Å²) in [5, 5.41) is 10.5. The Balaban J connectivity index is 1.51. The van der Waals surface area contributed by atoms with Crippen molar-refractivity contribution in [1.29, 1.82) is 0 Å². The lowest BCUT2D eigenvalue weighted by Crippen LogP contribution is -2.44. The SMILES string of the molecule is COc1cccc(C(=O)NC2CNN=C2C2=CCc3ccccc3N2)c1F. The molecule has 0 radical (unpaired) electrons. The predicted octanol–water partition coefficient (Wildman–Crippen LogP) is 2.44. The molecule has 0 spiro atoms. The molecule has 0 saturated carbocycles. The van der Waals surface area contributed by atoms with Crippen molar-refractivity contribution in [3.63, 3.8) is 0 Å². The van der Waals surface area contributed by atoms with Crippen LogP contribution in [0.5, 0.6) is 5.75 Å². The van der Waals surface area contributed by atoms with Gasteiger partial charge < -0.3 is 20.8 Å². The predicted molar refractivity (Wildman–Crippen MR) is 101 cm³/mol. The molecule has 2 heterocycles. The lowest BCUT2D eigenvalue weighted by Gasteiger charge is -2.22. The molecule has 6 nitrogen and oxygen atoms in total. The van der Waals surface area contributed by atoms with Gasteiger partial charge in [0.2, 0.25) is 0 Å². The van der Waals surface area contributed by atoms with Crippen molar-refractivity contribution >= 4 is 17.3 Å². The number of amides is 1. The van der Waals surface area contributed by atoms with Crippen LogP contribution in [0.1, 0.15) is 15.9 Å². The number of carbonyl (C=O) groups excluding carboxylic acids is 1. The molecule has 0 aromatic heterocycles. The first-order chi connectivity index (χ1) is 13.2. The van der Waals surface area contributed by atoms with Gasteiger partial charge in [-0.3, -0.25) is 4.79 Å². The molecule has 1 amide bonds. The third-order valence-corrected chi connectivity index (χ3v) is 4.65. The number of halogens is 1. The van der Waals surface area contributed by atoms with Crippen LogP contribution in [0.2, 0.25) is 0 Å². The zero-order chi connectivity index (χ0) is 18.8. The highest BCUT2D eigenvalue weighted by molar-refractivity contribution is 6.10. The Morgan fingerprint density at radius 2 is 2.11 bits per heavy atom. The Morgan fingerprint density at radius 1 is 1.26 bits per heavy atom. The van der Waals surface area contributed by atoms with Crippen molar-refractivity contribution in [2.45, 2.75) is 12.5 Å². The van der Waals surface area contributed by atoms with Crippen molar-refractivity contribution in [3.05, 3.63) is 71.2 Å². The van der Waals surface area contributed by atoms with E-state index in [0.29, 0.717) is 12.3 Å². The van der Waals surface area contributed by atoms with E-state index >= 15 is 0 Å². The van der Waals surface area contributed by atoms with Gasteiger partial charge in [0.25, 0.3) is 5.91 Å². The Bertz CT molecular complexity index is 955. The molecule has 27 heavy (non-hydrogen) atoms. The van der Waals surface area contributed by atoms with Gasteiger partial charge in [-0.25, -0.2) is 4.39 Å². The molecule has 0 fully saturated rings. The van der Waals surface area contributed by atoms with Gasteiger partial charge in [-0.1, -0.05) is 30.3 Å². The van der Waals surface area contributed by atoms with Gasteiger partial charge >= 0.3 is 0 Å². The fourth-order valence-corrected chi connectivity index (χ4v) is 3.24. The monoisotopic (exact) mass is 366 g/mol. The average Bonchev–Trinajstić information content (AvgIpc) is 3.15. The summed E-state index contributed by atoms with van der Waals surface area (Å²) in [6.07, 6.45) is 2.82. The number of rotatable bonds is 4. The Morgan fingerprint density at radius 3 is 2.96 bits per heavy atom. The number of nitrogens with one attached hydrogen (secondary N) is 3. The zero-order valence-electron chi connectivity index (χ0n) is 14.8. The number of carbonyl (C=O) groups is 1. The molecular weight excluding hydrogens is 347 g/mol. The van der Waals surface area contributed by atoms with Gasteiger partial charge in [0.15, 0.2) is 11.6 Å². The Hall–Kier alpha value is -3.35. The number of fused-ring (bicyclic) bond motifs is 1. The maximum Gasteiger partial charge on any atom is 0.255 e. The molecular formula is C20H19FN4O2. The normalized spacial score (nSPS) is 17.8. The summed E-state index contributed by atoms with van der Waals surface area (Å²) in [6.45, 7) is 0.438. The van der Waals surface area contributed by atoms with Crippen LogP contribution in [0.15, 0.2) is 59.3 Å². The summed E-state index contributed by atoms with van der Waals surface area (Å²) >= 11 is 0. The van der Waals surface area contributed by atoms with Crippen molar-refractivity contribution in [2.24, 2.45) is 5.10 Å². The van der Waals surface area contributed by atoms with Gasteiger partial charge in [0.1, 0.15) is 5.71 Å². The van der Waals surface area contributed by atoms with Crippen molar-refractivity contribution in [2.75, 3.05) is 19.0 Å². The van der Waals surface area contributed by atoms with E-state index in [2.05, 4.69) is 27.2 Å². The minimum absolute atomic E-state index is 0.0364. The van der Waals surface area contributed by atoms with Crippen LogP contribution < -0.4 is 20.8 Å². The number of para-hydroxylation sites is 1. The molecule has 1 atom stereocenters. The van der Waals surface area contributed by atoms with Gasteiger partial charge in [0, 0.05) is 5.69 Å². The number of benzene rings is 2. The highest BCUT2D eigenvalue weighted by Crippen LogP contribution is 2.25. The number of hydrogen-bond donors (Lipinski definition) is 3. The molecule has 0 bridgehead atoms. The lowest BCUT2D eigenvalue weighted by molar-refractivity contribution is 0.0943. The number of hydrogen-bond acceptors (Lipinski definition) is 5. The first-order valence-corrected chi connectivity index (χ1v) is 8.66. The van der Waals surface area contributed by atoms with Gasteiger partial charge in [-0.2, -0.15) is 5.10 Å². The highest BCUT2D eigenvalue weighted by Gasteiger charge is 2.29. The fraction of sp³-hybridized carbons (Fsp3) is 0.200. The molecule has 138 valence electrons. The van der Waals surface area contributed by atoms with Crippen LogP contribution >= 0.6 is 0 Å². The second-order valence-corrected chi connectivity index (χ2v) is 6.31. The number of methoxy groups -OCH3 is 1. The molecule has 2 aromatic carbocycles. The van der Waals surface area contributed by atoms with Gasteiger partial charge in [0.05, 0.1) is 31.0 Å². The lowest BCUT2D eigenvalue weighted by atomic mass is 10.0. The molecule has 1 unspecified atom stereocenters. The molecule has 3 N–H and O–H groups in total. The maximum atomic E-state index is 14.4. The Kier molecular flexibility index (Phi) is 4.50. The molecule has 4 rings (SSSR count). The Labute approximate surface area is 156 Å². The van der Waals surface area contributed by atoms with E-state index in [1.807, 2.05) is 24.3 Å². The highest BCUT2D eigenvalue weighted by atomic mass is 19.1. The van der Waals surface area contributed by atoms with E-state index in [-0.39, 0.29) is 17.4 Å². The summed E-state index contributed by atoms with van der Waals surface area (Å²) < 4.78 is 19.3. The van der Waals surface area contributed by atoms with E-state index in [1.165, 1.54) is 24.8 Å². The number of ether oxygens (including phenoxy) is 1. The molecule has 2 aliphatic heterocycles. The van der Waals surface area contributed by atoms with Gasteiger partial charge in [-0.05, 0) is 30.2 Å². The minimum Gasteiger partial charge on any atom is -0.494 e. The van der Waals surface area contributed by atoms with Crippen molar-refractivity contribution in [3.8, 4) is 5.75 Å². The second kappa shape index (κ2) is 7.11. The van der Waals surface area contributed by atoms with E-state index in [1.54, 1.807) is 6.07 Å². The van der Waals surface area contributed by atoms with E-state index in [9.17, 15) is 9.18 Å².